The van der Waals surface area contributed by atoms with Crippen LogP contribution in [0.2, 0.25) is 0 Å². The number of aryl methyl sites for hydroxylation is 1. The average Bonchev–Trinajstić information content (AvgIpc) is 2.64. The maximum Gasteiger partial charge on any atom is 0.0762 e. The molecule has 84 valence electrons. The van der Waals surface area contributed by atoms with E-state index in [4.69, 9.17) is 18.0 Å². The molecule has 1 nitrogen and oxygen atoms in total. The van der Waals surface area contributed by atoms with Crippen LogP contribution in [0.5, 0.6) is 0 Å². The highest BCUT2D eigenvalue weighted by molar-refractivity contribution is 7.80. The maximum absolute atomic E-state index is 5.68. The van der Waals surface area contributed by atoms with Crippen LogP contribution in [0.1, 0.15) is 42.9 Å². The molecule has 1 aromatic heterocycles. The zero-order valence-corrected chi connectivity index (χ0v) is 11.3. The quantitative estimate of drug-likeness (QED) is 0.795. The monoisotopic (exact) mass is 241 g/mol. The van der Waals surface area contributed by atoms with Crippen LogP contribution < -0.4 is 5.73 Å². The lowest BCUT2D eigenvalue weighted by atomic mass is 9.95. The largest absolute Gasteiger partial charge is 0.393 e. The number of hydrogen-bond acceptors (Lipinski definition) is 2. The molecular formula is C12H19NS2. The summed E-state index contributed by atoms with van der Waals surface area (Å²) >= 11 is 6.93. The molecule has 1 heterocycles. The molecule has 0 radical (unpaired) electrons. The van der Waals surface area contributed by atoms with Crippen molar-refractivity contribution < 1.29 is 0 Å². The maximum atomic E-state index is 5.68. The van der Waals surface area contributed by atoms with E-state index in [-0.39, 0.29) is 5.92 Å². The van der Waals surface area contributed by atoms with E-state index in [0.29, 0.717) is 10.9 Å². The van der Waals surface area contributed by atoms with E-state index >= 15 is 0 Å². The molecular weight excluding hydrogens is 222 g/mol. The number of thiophene rings is 1. The first-order valence-corrected chi connectivity index (χ1v) is 6.66. The van der Waals surface area contributed by atoms with Crippen LogP contribution in [-0.4, -0.2) is 4.99 Å². The minimum atomic E-state index is 0.285. The Hall–Kier alpha value is -0.410. The van der Waals surface area contributed by atoms with Crippen molar-refractivity contribution in [3.05, 3.63) is 21.9 Å². The Balaban J connectivity index is 2.73. The minimum Gasteiger partial charge on any atom is -0.393 e. The van der Waals surface area contributed by atoms with E-state index in [1.807, 2.05) is 11.3 Å². The topological polar surface area (TPSA) is 26.0 Å². The van der Waals surface area contributed by atoms with E-state index < -0.39 is 0 Å². The van der Waals surface area contributed by atoms with E-state index in [1.165, 1.54) is 22.6 Å². The van der Waals surface area contributed by atoms with Gasteiger partial charge in [0, 0.05) is 15.7 Å². The summed E-state index contributed by atoms with van der Waals surface area (Å²) in [7, 11) is 0. The fourth-order valence-corrected chi connectivity index (χ4v) is 2.99. The predicted octanol–water partition coefficient (Wildman–Crippen LogP) is 3.73. The molecule has 0 aromatic carbocycles. The van der Waals surface area contributed by atoms with E-state index in [0.717, 1.165) is 0 Å². The lowest BCUT2D eigenvalue weighted by molar-refractivity contribution is 0.637. The number of thiocarbonyl (C=S) groups is 1. The van der Waals surface area contributed by atoms with Gasteiger partial charge in [-0.2, -0.15) is 0 Å². The van der Waals surface area contributed by atoms with Gasteiger partial charge in [0.25, 0.3) is 0 Å². The molecule has 0 aliphatic carbocycles. The van der Waals surface area contributed by atoms with Gasteiger partial charge in [0.15, 0.2) is 0 Å². The van der Waals surface area contributed by atoms with Crippen molar-refractivity contribution in [2.75, 3.05) is 0 Å². The molecule has 15 heavy (non-hydrogen) atoms. The summed E-state index contributed by atoms with van der Waals surface area (Å²) in [6.45, 7) is 6.51. The van der Waals surface area contributed by atoms with Crippen molar-refractivity contribution in [3.8, 4) is 0 Å². The first-order valence-electron chi connectivity index (χ1n) is 5.44. The van der Waals surface area contributed by atoms with Crippen LogP contribution in [-0.2, 0) is 6.42 Å². The second kappa shape index (κ2) is 5.61. The highest BCUT2D eigenvalue weighted by atomic mass is 32.1. The van der Waals surface area contributed by atoms with Gasteiger partial charge in [-0.3, -0.25) is 0 Å². The Bertz CT molecular complexity index is 330. The van der Waals surface area contributed by atoms with Crippen LogP contribution in [0.4, 0.5) is 0 Å². The Morgan fingerprint density at radius 3 is 2.67 bits per heavy atom. The predicted molar refractivity (Wildman–Crippen MR) is 72.7 cm³/mol. The van der Waals surface area contributed by atoms with Crippen molar-refractivity contribution in [1.29, 1.82) is 0 Å². The molecule has 3 heteroatoms. The fraction of sp³-hybridized carbons (Fsp3) is 0.583. The summed E-state index contributed by atoms with van der Waals surface area (Å²) in [5.74, 6) is 0.728. The summed E-state index contributed by atoms with van der Waals surface area (Å²) in [5.41, 5.74) is 5.68. The van der Waals surface area contributed by atoms with Gasteiger partial charge in [-0.1, -0.05) is 39.4 Å². The smallest absolute Gasteiger partial charge is 0.0762 e. The molecule has 0 bridgehead atoms. The lowest BCUT2D eigenvalue weighted by Gasteiger charge is -2.16. The van der Waals surface area contributed by atoms with Crippen molar-refractivity contribution in [2.45, 2.75) is 39.5 Å². The third-order valence-corrected chi connectivity index (χ3v) is 4.54. The summed E-state index contributed by atoms with van der Waals surface area (Å²) < 4.78 is 0. The van der Waals surface area contributed by atoms with Crippen molar-refractivity contribution >= 4 is 28.5 Å². The van der Waals surface area contributed by atoms with Crippen molar-refractivity contribution in [3.63, 3.8) is 0 Å². The zero-order chi connectivity index (χ0) is 11.4. The van der Waals surface area contributed by atoms with Gasteiger partial charge in [-0.25, -0.2) is 0 Å². The highest BCUT2D eigenvalue weighted by Gasteiger charge is 2.18. The lowest BCUT2D eigenvalue weighted by Crippen LogP contribution is -2.22. The molecule has 0 aliphatic rings. The number of hydrogen-bond donors (Lipinski definition) is 1. The minimum absolute atomic E-state index is 0.285. The van der Waals surface area contributed by atoms with Gasteiger partial charge in [0.05, 0.1) is 4.99 Å². The molecule has 1 aromatic rings. The van der Waals surface area contributed by atoms with E-state index in [2.05, 4.69) is 32.9 Å². The Labute approximate surface area is 102 Å². The first kappa shape index (κ1) is 12.7. The molecule has 1 rings (SSSR count). The van der Waals surface area contributed by atoms with Gasteiger partial charge in [0.2, 0.25) is 0 Å². The third kappa shape index (κ3) is 3.28. The van der Waals surface area contributed by atoms with Gasteiger partial charge >= 0.3 is 0 Å². The summed E-state index contributed by atoms with van der Waals surface area (Å²) in [4.78, 5) is 3.49. The summed E-state index contributed by atoms with van der Waals surface area (Å²) in [5, 5.41) is 0. The Morgan fingerprint density at radius 1 is 1.47 bits per heavy atom. The van der Waals surface area contributed by atoms with E-state index in [9.17, 15) is 0 Å². The molecule has 2 unspecified atom stereocenters. The molecule has 0 amide bonds. The SMILES string of the molecule is CCCc1ccc(C(C)C(C)C(N)=S)s1. The van der Waals surface area contributed by atoms with Crippen LogP contribution >= 0.6 is 23.6 Å². The summed E-state index contributed by atoms with van der Waals surface area (Å²) in [6.07, 6.45) is 2.39. The molecule has 0 fully saturated rings. The van der Waals surface area contributed by atoms with Crippen LogP contribution in [0.3, 0.4) is 0 Å². The van der Waals surface area contributed by atoms with Crippen LogP contribution in [0, 0.1) is 5.92 Å². The van der Waals surface area contributed by atoms with Gasteiger partial charge in [0.1, 0.15) is 0 Å². The molecule has 0 saturated carbocycles. The molecule has 0 saturated heterocycles. The van der Waals surface area contributed by atoms with Crippen LogP contribution in [0.25, 0.3) is 0 Å². The first-order chi connectivity index (χ1) is 7.06. The van der Waals surface area contributed by atoms with Crippen LogP contribution in [0.15, 0.2) is 12.1 Å². The average molecular weight is 241 g/mol. The number of nitrogens with two attached hydrogens (primary N) is 1. The van der Waals surface area contributed by atoms with Gasteiger partial charge in [-0.15, -0.1) is 11.3 Å². The summed E-state index contributed by atoms with van der Waals surface area (Å²) in [6, 6.07) is 4.45. The fourth-order valence-electron chi connectivity index (χ4n) is 1.51. The zero-order valence-electron chi connectivity index (χ0n) is 9.62. The normalized spacial score (nSPS) is 14.9. The second-order valence-electron chi connectivity index (χ2n) is 4.03. The van der Waals surface area contributed by atoms with Gasteiger partial charge < -0.3 is 5.73 Å². The van der Waals surface area contributed by atoms with E-state index in [1.54, 1.807) is 0 Å². The number of rotatable bonds is 5. The second-order valence-corrected chi connectivity index (χ2v) is 5.71. The molecule has 0 spiro atoms. The Morgan fingerprint density at radius 2 is 2.13 bits per heavy atom. The van der Waals surface area contributed by atoms with Crippen molar-refractivity contribution in [1.82, 2.24) is 0 Å². The molecule has 0 aliphatic heterocycles. The third-order valence-electron chi connectivity index (χ3n) is 2.83. The standard InChI is InChI=1S/C12H19NS2/c1-4-5-10-6-7-11(15-10)8(2)9(3)12(13)14/h6-9H,4-5H2,1-3H3,(H2,13,14). The molecule has 2 atom stereocenters. The highest BCUT2D eigenvalue weighted by Crippen LogP contribution is 2.30. The van der Waals surface area contributed by atoms with Gasteiger partial charge in [-0.05, 0) is 24.5 Å². The van der Waals surface area contributed by atoms with Crippen molar-refractivity contribution in [2.24, 2.45) is 11.7 Å². The Kier molecular flexibility index (Phi) is 4.74. The molecule has 2 N–H and O–H groups in total.